The van der Waals surface area contributed by atoms with E-state index in [2.05, 4.69) is 25.7 Å². The average Bonchev–Trinajstić information content (AvgIpc) is 2.60. The minimum absolute atomic E-state index is 0.234. The summed E-state index contributed by atoms with van der Waals surface area (Å²) in [6.07, 6.45) is 4.25. The highest BCUT2D eigenvalue weighted by atomic mass is 16.6. The number of ether oxygens (including phenoxy) is 2. The van der Waals surface area contributed by atoms with Crippen molar-refractivity contribution in [3.8, 4) is 0 Å². The Kier molecular flexibility index (Phi) is 8.17. The van der Waals surface area contributed by atoms with Gasteiger partial charge in [0.2, 0.25) is 0 Å². The SMILES string of the molecule is CCOC(=O)N1CCN(CC(O)COC2CCC(C(C)(C)C)CC2)CC1. The van der Waals surface area contributed by atoms with Gasteiger partial charge in [0.15, 0.2) is 0 Å². The number of carbonyl (C=O) groups excluding carboxylic acids is 1. The predicted octanol–water partition coefficient (Wildman–Crippen LogP) is 2.74. The minimum atomic E-state index is -0.468. The lowest BCUT2D eigenvalue weighted by Crippen LogP contribution is -2.51. The summed E-state index contributed by atoms with van der Waals surface area (Å²) in [4.78, 5) is 15.6. The normalized spacial score (nSPS) is 26.6. The van der Waals surface area contributed by atoms with Crippen LogP contribution >= 0.6 is 0 Å². The Morgan fingerprint density at radius 3 is 2.27 bits per heavy atom. The van der Waals surface area contributed by atoms with Crippen molar-refractivity contribution in [3.63, 3.8) is 0 Å². The van der Waals surface area contributed by atoms with E-state index >= 15 is 0 Å². The van der Waals surface area contributed by atoms with Crippen molar-refractivity contribution in [2.45, 2.75) is 65.6 Å². The average molecular weight is 371 g/mol. The summed E-state index contributed by atoms with van der Waals surface area (Å²) >= 11 is 0. The maximum atomic E-state index is 11.7. The van der Waals surface area contributed by atoms with Crippen LogP contribution in [0.2, 0.25) is 0 Å². The van der Waals surface area contributed by atoms with E-state index in [0.717, 1.165) is 31.8 Å². The second-order valence-electron chi connectivity index (χ2n) is 8.81. The first-order valence-corrected chi connectivity index (χ1v) is 10.2. The van der Waals surface area contributed by atoms with Crippen LogP contribution in [0.1, 0.15) is 53.4 Å². The summed E-state index contributed by atoms with van der Waals surface area (Å²) in [5, 5.41) is 10.3. The maximum absolute atomic E-state index is 11.7. The lowest BCUT2D eigenvalue weighted by molar-refractivity contribution is -0.0469. The van der Waals surface area contributed by atoms with Gasteiger partial charge in [-0.1, -0.05) is 20.8 Å². The molecule has 1 aliphatic carbocycles. The number of carbonyl (C=O) groups is 1. The van der Waals surface area contributed by atoms with Crippen LogP contribution in [0.15, 0.2) is 0 Å². The second kappa shape index (κ2) is 9.90. The molecular formula is C20H38N2O4. The van der Waals surface area contributed by atoms with Crippen LogP contribution in [-0.4, -0.2) is 79.1 Å². The molecule has 1 saturated carbocycles. The number of hydrogen-bond donors (Lipinski definition) is 1. The highest BCUT2D eigenvalue weighted by molar-refractivity contribution is 5.67. The molecule has 0 bridgehead atoms. The standard InChI is InChI=1S/C20H38N2O4/c1-5-25-19(24)22-12-10-21(11-13-22)14-17(23)15-26-18-8-6-16(7-9-18)20(2,3)4/h16-18,23H,5-15H2,1-4H3. The van der Waals surface area contributed by atoms with Crippen molar-refractivity contribution in [3.05, 3.63) is 0 Å². The van der Waals surface area contributed by atoms with Crippen LogP contribution in [0.3, 0.4) is 0 Å². The van der Waals surface area contributed by atoms with Crippen LogP contribution < -0.4 is 0 Å². The molecule has 1 atom stereocenters. The van der Waals surface area contributed by atoms with E-state index in [4.69, 9.17) is 9.47 Å². The number of nitrogens with zero attached hydrogens (tertiary/aromatic N) is 2. The maximum Gasteiger partial charge on any atom is 0.409 e. The van der Waals surface area contributed by atoms with E-state index in [1.807, 2.05) is 6.92 Å². The molecule has 1 saturated heterocycles. The minimum Gasteiger partial charge on any atom is -0.450 e. The zero-order valence-electron chi connectivity index (χ0n) is 17.1. The molecule has 2 fully saturated rings. The fraction of sp³-hybridized carbons (Fsp3) is 0.950. The fourth-order valence-electron chi connectivity index (χ4n) is 4.02. The van der Waals surface area contributed by atoms with E-state index in [1.165, 1.54) is 12.8 Å². The molecule has 2 aliphatic rings. The molecule has 1 amide bonds. The van der Waals surface area contributed by atoms with Crippen LogP contribution in [0.5, 0.6) is 0 Å². The van der Waals surface area contributed by atoms with Crippen LogP contribution in [-0.2, 0) is 9.47 Å². The van der Waals surface area contributed by atoms with Crippen molar-refractivity contribution in [1.82, 2.24) is 9.80 Å². The topological polar surface area (TPSA) is 62.2 Å². The fourth-order valence-corrected chi connectivity index (χ4v) is 4.02. The molecule has 0 aromatic carbocycles. The quantitative estimate of drug-likeness (QED) is 0.779. The van der Waals surface area contributed by atoms with Crippen molar-refractivity contribution >= 4 is 6.09 Å². The van der Waals surface area contributed by atoms with Crippen molar-refractivity contribution in [2.75, 3.05) is 45.9 Å². The van der Waals surface area contributed by atoms with E-state index in [9.17, 15) is 9.90 Å². The Morgan fingerprint density at radius 2 is 1.73 bits per heavy atom. The van der Waals surface area contributed by atoms with E-state index in [-0.39, 0.29) is 6.09 Å². The van der Waals surface area contributed by atoms with Gasteiger partial charge in [-0.25, -0.2) is 4.79 Å². The molecule has 0 radical (unpaired) electrons. The van der Waals surface area contributed by atoms with Gasteiger partial charge in [-0.05, 0) is 43.9 Å². The summed E-state index contributed by atoms with van der Waals surface area (Å²) < 4.78 is 11.0. The zero-order valence-corrected chi connectivity index (χ0v) is 17.1. The number of aliphatic hydroxyl groups is 1. The van der Waals surface area contributed by atoms with Crippen molar-refractivity contribution in [2.24, 2.45) is 11.3 Å². The van der Waals surface area contributed by atoms with Gasteiger partial charge in [0.25, 0.3) is 0 Å². The lowest BCUT2D eigenvalue weighted by Gasteiger charge is -2.37. The Morgan fingerprint density at radius 1 is 1.12 bits per heavy atom. The number of hydrogen-bond acceptors (Lipinski definition) is 5. The van der Waals surface area contributed by atoms with Gasteiger partial charge >= 0.3 is 6.09 Å². The Labute approximate surface area is 158 Å². The number of piperazine rings is 1. The molecule has 1 N–H and O–H groups in total. The van der Waals surface area contributed by atoms with Gasteiger partial charge < -0.3 is 19.5 Å². The van der Waals surface area contributed by atoms with Gasteiger partial charge in [0.05, 0.1) is 25.4 Å². The molecule has 0 spiro atoms. The van der Waals surface area contributed by atoms with Crippen LogP contribution in [0.4, 0.5) is 4.79 Å². The first-order valence-electron chi connectivity index (χ1n) is 10.2. The largest absolute Gasteiger partial charge is 0.450 e. The van der Waals surface area contributed by atoms with E-state index in [1.54, 1.807) is 4.90 Å². The molecule has 6 nitrogen and oxygen atoms in total. The summed E-state index contributed by atoms with van der Waals surface area (Å²) in [6.45, 7) is 13.1. The number of β-amino-alcohol motifs (C(OH)–C–C–N with tert-alkyl or cyclic N) is 1. The zero-order chi connectivity index (χ0) is 19.2. The number of aliphatic hydroxyl groups excluding tert-OH is 1. The Bertz CT molecular complexity index is 422. The van der Waals surface area contributed by atoms with Crippen LogP contribution in [0, 0.1) is 11.3 Å². The van der Waals surface area contributed by atoms with Gasteiger partial charge in [-0.2, -0.15) is 0 Å². The van der Waals surface area contributed by atoms with Crippen LogP contribution in [0.25, 0.3) is 0 Å². The smallest absolute Gasteiger partial charge is 0.409 e. The Balaban J connectivity index is 1.60. The molecule has 1 aliphatic heterocycles. The molecule has 6 heteroatoms. The first kappa shape index (κ1) is 21.5. The lowest BCUT2D eigenvalue weighted by atomic mass is 9.72. The molecule has 0 aromatic heterocycles. The van der Waals surface area contributed by atoms with Crippen molar-refractivity contribution < 1.29 is 19.4 Å². The number of rotatable bonds is 6. The van der Waals surface area contributed by atoms with Gasteiger partial charge in [0, 0.05) is 32.7 Å². The number of amides is 1. The monoisotopic (exact) mass is 370 g/mol. The molecular weight excluding hydrogens is 332 g/mol. The highest BCUT2D eigenvalue weighted by Gasteiger charge is 2.30. The predicted molar refractivity (Wildman–Crippen MR) is 102 cm³/mol. The van der Waals surface area contributed by atoms with Gasteiger partial charge in [0.1, 0.15) is 0 Å². The first-order chi connectivity index (χ1) is 12.3. The van der Waals surface area contributed by atoms with Gasteiger partial charge in [-0.3, -0.25) is 4.90 Å². The molecule has 26 heavy (non-hydrogen) atoms. The summed E-state index contributed by atoms with van der Waals surface area (Å²) in [5.41, 5.74) is 0.385. The third-order valence-electron chi connectivity index (χ3n) is 5.79. The summed E-state index contributed by atoms with van der Waals surface area (Å²) in [6, 6.07) is 0. The molecule has 0 aromatic rings. The molecule has 1 heterocycles. The molecule has 1 unspecified atom stereocenters. The third-order valence-corrected chi connectivity index (χ3v) is 5.79. The van der Waals surface area contributed by atoms with Crippen molar-refractivity contribution in [1.29, 1.82) is 0 Å². The van der Waals surface area contributed by atoms with E-state index < -0.39 is 6.10 Å². The van der Waals surface area contributed by atoms with Gasteiger partial charge in [-0.15, -0.1) is 0 Å². The summed E-state index contributed by atoms with van der Waals surface area (Å²) in [7, 11) is 0. The highest BCUT2D eigenvalue weighted by Crippen LogP contribution is 2.38. The molecule has 2 rings (SSSR count). The Hall–Kier alpha value is -0.850. The van der Waals surface area contributed by atoms with E-state index in [0.29, 0.717) is 44.4 Å². The molecule has 152 valence electrons. The summed E-state index contributed by atoms with van der Waals surface area (Å²) in [5.74, 6) is 0.781. The third kappa shape index (κ3) is 6.71. The second-order valence-corrected chi connectivity index (χ2v) is 8.81.